The monoisotopic (exact) mass is 343 g/mol. The van der Waals surface area contributed by atoms with E-state index in [4.69, 9.17) is 34.8 Å². The summed E-state index contributed by atoms with van der Waals surface area (Å²) in [5.41, 5.74) is 1.03. The molecule has 0 aliphatic heterocycles. The fourth-order valence-electron chi connectivity index (χ4n) is 1.84. The van der Waals surface area contributed by atoms with Crippen molar-refractivity contribution in [2.24, 2.45) is 0 Å². The van der Waals surface area contributed by atoms with Crippen molar-refractivity contribution in [2.75, 3.05) is 7.05 Å². The molecule has 1 unspecified atom stereocenters. The van der Waals surface area contributed by atoms with Gasteiger partial charge in [0.15, 0.2) is 10.8 Å². The van der Waals surface area contributed by atoms with E-state index in [1.165, 1.54) is 17.0 Å². The normalized spacial score (nSPS) is 12.0. The van der Waals surface area contributed by atoms with Gasteiger partial charge in [0.1, 0.15) is 0 Å². The van der Waals surface area contributed by atoms with E-state index in [2.05, 4.69) is 10.2 Å². The molecule has 2 aromatic rings. The Morgan fingerprint density at radius 3 is 2.43 bits per heavy atom. The lowest BCUT2D eigenvalue weighted by atomic mass is 10.1. The highest BCUT2D eigenvalue weighted by molar-refractivity contribution is 6.35. The van der Waals surface area contributed by atoms with E-state index >= 15 is 0 Å². The molecule has 0 fully saturated rings. The van der Waals surface area contributed by atoms with Crippen LogP contribution < -0.4 is 0 Å². The fourth-order valence-corrected chi connectivity index (χ4v) is 2.50. The Labute approximate surface area is 137 Å². The average Bonchev–Trinajstić information content (AvgIpc) is 2.46. The average molecular weight is 345 g/mol. The van der Waals surface area contributed by atoms with Gasteiger partial charge in [0.2, 0.25) is 0 Å². The van der Waals surface area contributed by atoms with Gasteiger partial charge in [-0.2, -0.15) is 0 Å². The van der Waals surface area contributed by atoms with Crippen molar-refractivity contribution < 1.29 is 4.79 Å². The molecule has 0 aliphatic carbocycles. The van der Waals surface area contributed by atoms with Crippen LogP contribution in [0.15, 0.2) is 30.3 Å². The second-order valence-corrected chi connectivity index (χ2v) is 5.73. The van der Waals surface area contributed by atoms with Crippen molar-refractivity contribution in [2.45, 2.75) is 13.0 Å². The van der Waals surface area contributed by atoms with Gasteiger partial charge in [0.25, 0.3) is 5.91 Å². The second kappa shape index (κ2) is 6.60. The molecule has 4 nitrogen and oxygen atoms in total. The van der Waals surface area contributed by atoms with Crippen molar-refractivity contribution in [1.82, 2.24) is 15.1 Å². The van der Waals surface area contributed by atoms with Crippen LogP contribution >= 0.6 is 34.8 Å². The zero-order chi connectivity index (χ0) is 15.6. The van der Waals surface area contributed by atoms with Crippen LogP contribution in [-0.4, -0.2) is 28.1 Å². The van der Waals surface area contributed by atoms with E-state index < -0.39 is 0 Å². The smallest absolute Gasteiger partial charge is 0.274 e. The summed E-state index contributed by atoms with van der Waals surface area (Å²) in [5.74, 6) is -0.266. The highest BCUT2D eigenvalue weighted by atomic mass is 35.5. The van der Waals surface area contributed by atoms with Gasteiger partial charge < -0.3 is 4.90 Å². The lowest BCUT2D eigenvalue weighted by Gasteiger charge is -2.25. The number of nitrogens with zero attached hydrogens (tertiary/aromatic N) is 3. The number of amides is 1. The van der Waals surface area contributed by atoms with Gasteiger partial charge in [-0.3, -0.25) is 4.79 Å². The Balaban J connectivity index is 2.24. The van der Waals surface area contributed by atoms with E-state index in [0.717, 1.165) is 5.56 Å². The molecule has 0 saturated carbocycles. The van der Waals surface area contributed by atoms with E-state index in [-0.39, 0.29) is 22.8 Å². The molecule has 110 valence electrons. The van der Waals surface area contributed by atoms with Crippen LogP contribution in [0.3, 0.4) is 0 Å². The summed E-state index contributed by atoms with van der Waals surface area (Å²) in [6.45, 7) is 1.87. The maximum atomic E-state index is 12.4. The molecule has 0 radical (unpaired) electrons. The molecule has 0 bridgehead atoms. The molecule has 1 aromatic carbocycles. The highest BCUT2D eigenvalue weighted by Crippen LogP contribution is 2.29. The summed E-state index contributed by atoms with van der Waals surface area (Å²) in [6, 6.07) is 8.00. The Kier molecular flexibility index (Phi) is 5.04. The standard InChI is InChI=1S/C14H12Cl3N3O/c1-8(10-4-3-9(15)7-11(10)16)20(2)14(21)12-5-6-13(17)19-18-12/h3-8H,1-2H3. The summed E-state index contributed by atoms with van der Waals surface area (Å²) >= 11 is 17.7. The van der Waals surface area contributed by atoms with Gasteiger partial charge in [0, 0.05) is 17.1 Å². The number of aromatic nitrogens is 2. The summed E-state index contributed by atoms with van der Waals surface area (Å²) in [6.07, 6.45) is 0. The van der Waals surface area contributed by atoms with E-state index in [1.807, 2.05) is 6.92 Å². The van der Waals surface area contributed by atoms with Crippen LogP contribution in [0.1, 0.15) is 29.0 Å². The minimum Gasteiger partial charge on any atom is -0.333 e. The maximum Gasteiger partial charge on any atom is 0.274 e. The minimum atomic E-state index is -0.266. The largest absolute Gasteiger partial charge is 0.333 e. The molecule has 1 aromatic heterocycles. The van der Waals surface area contributed by atoms with Crippen molar-refractivity contribution in [3.63, 3.8) is 0 Å². The van der Waals surface area contributed by atoms with Crippen molar-refractivity contribution in [1.29, 1.82) is 0 Å². The first kappa shape index (κ1) is 16.0. The topological polar surface area (TPSA) is 46.1 Å². The van der Waals surface area contributed by atoms with Gasteiger partial charge in [-0.25, -0.2) is 0 Å². The zero-order valence-corrected chi connectivity index (χ0v) is 13.6. The lowest BCUT2D eigenvalue weighted by Crippen LogP contribution is -2.30. The summed E-state index contributed by atoms with van der Waals surface area (Å²) in [5, 5.41) is 8.75. The van der Waals surface area contributed by atoms with E-state index in [1.54, 1.807) is 25.2 Å². The van der Waals surface area contributed by atoms with Crippen molar-refractivity contribution in [3.05, 3.63) is 56.8 Å². The second-order valence-electron chi connectivity index (χ2n) is 4.50. The van der Waals surface area contributed by atoms with Crippen LogP contribution in [0.4, 0.5) is 0 Å². The molecular formula is C14H12Cl3N3O. The molecule has 21 heavy (non-hydrogen) atoms. The third-order valence-electron chi connectivity index (χ3n) is 3.16. The molecule has 0 aliphatic rings. The van der Waals surface area contributed by atoms with Gasteiger partial charge in [-0.15, -0.1) is 10.2 Å². The molecule has 1 atom stereocenters. The SMILES string of the molecule is CC(c1ccc(Cl)cc1Cl)N(C)C(=O)c1ccc(Cl)nn1. The molecule has 0 N–H and O–H groups in total. The number of hydrogen-bond acceptors (Lipinski definition) is 3. The molecule has 1 heterocycles. The molecule has 0 saturated heterocycles. The third kappa shape index (κ3) is 3.64. The Morgan fingerprint density at radius 1 is 1.14 bits per heavy atom. The Morgan fingerprint density at radius 2 is 1.86 bits per heavy atom. The van der Waals surface area contributed by atoms with Gasteiger partial charge in [-0.05, 0) is 36.8 Å². The predicted molar refractivity (Wildman–Crippen MR) is 84.0 cm³/mol. The maximum absolute atomic E-state index is 12.4. The number of carbonyl (C=O) groups is 1. The van der Waals surface area contributed by atoms with Crippen LogP contribution in [0, 0.1) is 0 Å². The number of carbonyl (C=O) groups excluding carboxylic acids is 1. The Hall–Kier alpha value is -1.36. The van der Waals surface area contributed by atoms with Crippen molar-refractivity contribution in [3.8, 4) is 0 Å². The van der Waals surface area contributed by atoms with Crippen LogP contribution in [0.2, 0.25) is 15.2 Å². The molecule has 2 rings (SSSR count). The zero-order valence-electron chi connectivity index (χ0n) is 11.3. The minimum absolute atomic E-state index is 0.221. The van der Waals surface area contributed by atoms with E-state index in [9.17, 15) is 4.79 Å². The summed E-state index contributed by atoms with van der Waals surface area (Å²) in [7, 11) is 1.67. The van der Waals surface area contributed by atoms with Gasteiger partial charge in [-0.1, -0.05) is 40.9 Å². The van der Waals surface area contributed by atoms with Gasteiger partial charge in [0.05, 0.1) is 6.04 Å². The first-order valence-corrected chi connectivity index (χ1v) is 7.25. The van der Waals surface area contributed by atoms with Crippen LogP contribution in [0.5, 0.6) is 0 Å². The quantitative estimate of drug-likeness (QED) is 0.835. The Bertz CT molecular complexity index is 661. The molecule has 0 spiro atoms. The van der Waals surface area contributed by atoms with Gasteiger partial charge >= 0.3 is 0 Å². The molecular weight excluding hydrogens is 333 g/mol. The number of halogens is 3. The predicted octanol–water partition coefficient (Wildman–Crippen LogP) is 4.27. The van der Waals surface area contributed by atoms with Crippen LogP contribution in [-0.2, 0) is 0 Å². The molecule has 7 heteroatoms. The van der Waals surface area contributed by atoms with E-state index in [0.29, 0.717) is 10.0 Å². The first-order chi connectivity index (χ1) is 9.90. The van der Waals surface area contributed by atoms with Crippen LogP contribution in [0.25, 0.3) is 0 Å². The third-order valence-corrected chi connectivity index (χ3v) is 3.93. The molecule has 1 amide bonds. The number of rotatable bonds is 3. The summed E-state index contributed by atoms with van der Waals surface area (Å²) in [4.78, 5) is 13.9. The lowest BCUT2D eigenvalue weighted by molar-refractivity contribution is 0.0735. The number of benzene rings is 1. The highest BCUT2D eigenvalue weighted by Gasteiger charge is 2.22. The first-order valence-electron chi connectivity index (χ1n) is 6.11. The summed E-state index contributed by atoms with van der Waals surface area (Å²) < 4.78 is 0. The van der Waals surface area contributed by atoms with Crippen molar-refractivity contribution >= 4 is 40.7 Å². The fraction of sp³-hybridized carbons (Fsp3) is 0.214. The number of hydrogen-bond donors (Lipinski definition) is 0.